The lowest BCUT2D eigenvalue weighted by Gasteiger charge is -2.16. The molecule has 3 aromatic carbocycles. The van der Waals surface area contributed by atoms with Gasteiger partial charge in [-0.2, -0.15) is 5.10 Å². The SMILES string of the molecule is COc1cc(OC)c(-c2ccnn2-c2ccccc2Cl)cc1Cc1ccccc1. The Morgan fingerprint density at radius 1 is 0.862 bits per heavy atom. The first kappa shape index (κ1) is 19.1. The van der Waals surface area contributed by atoms with Crippen molar-refractivity contribution in [1.82, 2.24) is 9.78 Å². The molecule has 0 aliphatic carbocycles. The third kappa shape index (κ3) is 3.84. The molecule has 0 aliphatic heterocycles. The molecular weight excluding hydrogens is 384 g/mol. The number of rotatable bonds is 6. The van der Waals surface area contributed by atoms with E-state index in [1.165, 1.54) is 5.56 Å². The largest absolute Gasteiger partial charge is 0.496 e. The second kappa shape index (κ2) is 8.41. The minimum atomic E-state index is 0.634. The molecule has 4 nitrogen and oxygen atoms in total. The molecule has 0 saturated heterocycles. The van der Waals surface area contributed by atoms with Crippen LogP contribution in [0.3, 0.4) is 0 Å². The van der Waals surface area contributed by atoms with Crippen molar-refractivity contribution in [1.29, 1.82) is 0 Å². The Kier molecular flexibility index (Phi) is 5.54. The van der Waals surface area contributed by atoms with Crippen LogP contribution in [-0.4, -0.2) is 24.0 Å². The lowest BCUT2D eigenvalue weighted by Crippen LogP contribution is -2.02. The first-order valence-electron chi connectivity index (χ1n) is 9.29. The summed E-state index contributed by atoms with van der Waals surface area (Å²) in [5.74, 6) is 1.51. The number of hydrogen-bond acceptors (Lipinski definition) is 3. The third-order valence-corrected chi connectivity index (χ3v) is 5.16. The van der Waals surface area contributed by atoms with Crippen LogP contribution in [0.5, 0.6) is 11.5 Å². The van der Waals surface area contributed by atoms with Crippen molar-refractivity contribution in [2.75, 3.05) is 14.2 Å². The molecular formula is C24H21ClN2O2. The van der Waals surface area contributed by atoms with Gasteiger partial charge >= 0.3 is 0 Å². The molecule has 5 heteroatoms. The third-order valence-electron chi connectivity index (χ3n) is 4.84. The Hall–Kier alpha value is -3.24. The maximum absolute atomic E-state index is 6.42. The summed E-state index contributed by atoms with van der Waals surface area (Å²) in [7, 11) is 3.34. The Morgan fingerprint density at radius 2 is 1.59 bits per heavy atom. The molecule has 1 aromatic heterocycles. The summed E-state index contributed by atoms with van der Waals surface area (Å²) in [5, 5.41) is 5.13. The van der Waals surface area contributed by atoms with Crippen molar-refractivity contribution in [3.05, 3.63) is 95.1 Å². The highest BCUT2D eigenvalue weighted by Gasteiger charge is 2.18. The van der Waals surface area contributed by atoms with Crippen LogP contribution in [-0.2, 0) is 6.42 Å². The Labute approximate surface area is 175 Å². The van der Waals surface area contributed by atoms with Crippen LogP contribution in [0, 0.1) is 0 Å². The highest BCUT2D eigenvalue weighted by Crippen LogP contribution is 2.38. The molecule has 29 heavy (non-hydrogen) atoms. The van der Waals surface area contributed by atoms with E-state index in [1.807, 2.05) is 59.3 Å². The van der Waals surface area contributed by atoms with Gasteiger partial charge in [0.05, 0.1) is 36.8 Å². The van der Waals surface area contributed by atoms with E-state index in [9.17, 15) is 0 Å². The molecule has 0 saturated carbocycles. The van der Waals surface area contributed by atoms with Crippen molar-refractivity contribution >= 4 is 11.6 Å². The number of hydrogen-bond donors (Lipinski definition) is 0. The van der Waals surface area contributed by atoms with Gasteiger partial charge in [-0.15, -0.1) is 0 Å². The van der Waals surface area contributed by atoms with E-state index in [0.29, 0.717) is 10.8 Å². The maximum atomic E-state index is 6.42. The molecule has 0 atom stereocenters. The van der Waals surface area contributed by atoms with Crippen molar-refractivity contribution in [2.24, 2.45) is 0 Å². The van der Waals surface area contributed by atoms with Gasteiger partial charge < -0.3 is 9.47 Å². The fraction of sp³-hybridized carbons (Fsp3) is 0.125. The second-order valence-electron chi connectivity index (χ2n) is 6.61. The molecule has 4 aromatic rings. The highest BCUT2D eigenvalue weighted by atomic mass is 35.5. The van der Waals surface area contributed by atoms with E-state index in [4.69, 9.17) is 21.1 Å². The van der Waals surface area contributed by atoms with E-state index < -0.39 is 0 Å². The Morgan fingerprint density at radius 3 is 2.31 bits per heavy atom. The molecule has 0 aliphatic rings. The maximum Gasteiger partial charge on any atom is 0.131 e. The smallest absolute Gasteiger partial charge is 0.131 e. The fourth-order valence-electron chi connectivity index (χ4n) is 3.44. The van der Waals surface area contributed by atoms with E-state index in [2.05, 4.69) is 23.3 Å². The van der Waals surface area contributed by atoms with Gasteiger partial charge in [0.25, 0.3) is 0 Å². The number of aromatic nitrogens is 2. The lowest BCUT2D eigenvalue weighted by atomic mass is 9.99. The number of para-hydroxylation sites is 1. The van der Waals surface area contributed by atoms with Gasteiger partial charge in [0.15, 0.2) is 0 Å². The molecule has 0 N–H and O–H groups in total. The lowest BCUT2D eigenvalue weighted by molar-refractivity contribution is 0.392. The van der Waals surface area contributed by atoms with Crippen molar-refractivity contribution in [3.8, 4) is 28.4 Å². The predicted molar refractivity (Wildman–Crippen MR) is 116 cm³/mol. The average Bonchev–Trinajstić information content (AvgIpc) is 3.24. The summed E-state index contributed by atoms with van der Waals surface area (Å²) in [6.07, 6.45) is 2.51. The topological polar surface area (TPSA) is 36.3 Å². The number of methoxy groups -OCH3 is 2. The number of halogens is 1. The quantitative estimate of drug-likeness (QED) is 0.407. The van der Waals surface area contributed by atoms with Gasteiger partial charge in [-0.05, 0) is 35.4 Å². The monoisotopic (exact) mass is 404 g/mol. The summed E-state index contributed by atoms with van der Waals surface area (Å²) < 4.78 is 13.2. The van der Waals surface area contributed by atoms with Gasteiger partial charge in [-0.3, -0.25) is 0 Å². The summed E-state index contributed by atoms with van der Waals surface area (Å²) >= 11 is 6.42. The van der Waals surface area contributed by atoms with Crippen LogP contribution < -0.4 is 9.47 Å². The summed E-state index contributed by atoms with van der Waals surface area (Å²) in [6.45, 7) is 0. The predicted octanol–water partition coefficient (Wildman–Crippen LogP) is 5.80. The molecule has 0 spiro atoms. The summed E-state index contributed by atoms with van der Waals surface area (Å²) in [5.41, 5.74) is 4.92. The first-order valence-corrected chi connectivity index (χ1v) is 9.67. The van der Waals surface area contributed by atoms with Crippen LogP contribution in [0.2, 0.25) is 5.02 Å². The molecule has 0 radical (unpaired) electrons. The molecule has 0 fully saturated rings. The first-order chi connectivity index (χ1) is 14.2. The van der Waals surface area contributed by atoms with Crippen molar-refractivity contribution in [2.45, 2.75) is 6.42 Å². The van der Waals surface area contributed by atoms with E-state index >= 15 is 0 Å². The Balaban J connectivity index is 1.85. The van der Waals surface area contributed by atoms with Crippen LogP contribution in [0.1, 0.15) is 11.1 Å². The van der Waals surface area contributed by atoms with Crippen LogP contribution in [0.25, 0.3) is 16.9 Å². The summed E-state index contributed by atoms with van der Waals surface area (Å²) in [4.78, 5) is 0. The van der Waals surface area contributed by atoms with Crippen LogP contribution in [0.4, 0.5) is 0 Å². The average molecular weight is 405 g/mol. The molecule has 0 amide bonds. The standard InChI is InChI=1S/C24H21ClN2O2/c1-28-23-16-24(29-2)19(15-18(23)14-17-8-4-3-5-9-17)21-12-13-26-27(21)22-11-7-6-10-20(22)25/h3-13,15-16H,14H2,1-2H3. The highest BCUT2D eigenvalue weighted by molar-refractivity contribution is 6.32. The fourth-order valence-corrected chi connectivity index (χ4v) is 3.66. The second-order valence-corrected chi connectivity index (χ2v) is 7.01. The van der Waals surface area contributed by atoms with Gasteiger partial charge in [0.2, 0.25) is 0 Å². The number of nitrogens with zero attached hydrogens (tertiary/aromatic N) is 2. The minimum absolute atomic E-state index is 0.634. The molecule has 1 heterocycles. The van der Waals surface area contributed by atoms with Crippen LogP contribution >= 0.6 is 11.6 Å². The molecule has 0 unspecified atom stereocenters. The minimum Gasteiger partial charge on any atom is -0.496 e. The Bertz CT molecular complexity index is 1120. The number of benzene rings is 3. The van der Waals surface area contributed by atoms with Gasteiger partial charge in [0, 0.05) is 18.1 Å². The molecule has 0 bridgehead atoms. The van der Waals surface area contributed by atoms with Crippen LogP contribution in [0.15, 0.2) is 79.0 Å². The van der Waals surface area contributed by atoms with Gasteiger partial charge in [0.1, 0.15) is 11.5 Å². The normalized spacial score (nSPS) is 10.7. The van der Waals surface area contributed by atoms with Crippen molar-refractivity contribution < 1.29 is 9.47 Å². The van der Waals surface area contributed by atoms with Gasteiger partial charge in [-0.25, -0.2) is 4.68 Å². The van der Waals surface area contributed by atoms with Crippen molar-refractivity contribution in [3.63, 3.8) is 0 Å². The molecule has 4 rings (SSSR count). The van der Waals surface area contributed by atoms with E-state index in [1.54, 1.807) is 20.4 Å². The van der Waals surface area contributed by atoms with E-state index in [0.717, 1.165) is 34.7 Å². The zero-order valence-corrected chi connectivity index (χ0v) is 17.1. The zero-order chi connectivity index (χ0) is 20.2. The van der Waals surface area contributed by atoms with Gasteiger partial charge in [-0.1, -0.05) is 54.1 Å². The van der Waals surface area contributed by atoms with E-state index in [-0.39, 0.29) is 0 Å². The zero-order valence-electron chi connectivity index (χ0n) is 16.3. The summed E-state index contributed by atoms with van der Waals surface area (Å²) in [6, 6.07) is 24.0. The molecule has 146 valence electrons. The number of ether oxygens (including phenoxy) is 2.